The zero-order chi connectivity index (χ0) is 31.6. The summed E-state index contributed by atoms with van der Waals surface area (Å²) in [5, 5.41) is 9.95. The number of ether oxygens (including phenoxy) is 4. The van der Waals surface area contributed by atoms with Gasteiger partial charge in [0, 0.05) is 22.5 Å². The normalized spacial score (nSPS) is 15.0. The fourth-order valence-electron chi connectivity index (χ4n) is 4.59. The van der Waals surface area contributed by atoms with Gasteiger partial charge in [-0.25, -0.2) is 9.48 Å². The molecule has 0 unspecified atom stereocenters. The van der Waals surface area contributed by atoms with Gasteiger partial charge in [-0.05, 0) is 73.9 Å². The van der Waals surface area contributed by atoms with Crippen LogP contribution in [-0.4, -0.2) is 68.0 Å². The minimum absolute atomic E-state index is 0.209. The molecular formula is C32H34N4O8. The fraction of sp³-hybridized carbons (Fsp3) is 0.281. The van der Waals surface area contributed by atoms with Crippen molar-refractivity contribution in [3.63, 3.8) is 0 Å². The number of carbonyl (C=O) groups is 4. The molecule has 4 rings (SSSR count). The van der Waals surface area contributed by atoms with Gasteiger partial charge in [-0.2, -0.15) is 5.10 Å². The van der Waals surface area contributed by atoms with Gasteiger partial charge in [0.2, 0.25) is 0 Å². The summed E-state index contributed by atoms with van der Waals surface area (Å²) in [5.41, 5.74) is 3.34. The molecule has 2 N–H and O–H groups in total. The van der Waals surface area contributed by atoms with E-state index in [9.17, 15) is 19.2 Å². The minimum Gasteiger partial charge on any atom is -0.493 e. The van der Waals surface area contributed by atoms with Crippen LogP contribution in [0.3, 0.4) is 0 Å². The molecule has 44 heavy (non-hydrogen) atoms. The van der Waals surface area contributed by atoms with Crippen LogP contribution in [0.15, 0.2) is 66.8 Å². The smallest absolute Gasteiger partial charge is 0.328 e. The van der Waals surface area contributed by atoms with E-state index in [1.54, 1.807) is 37.1 Å². The van der Waals surface area contributed by atoms with Crippen LogP contribution in [0.5, 0.6) is 11.5 Å². The number of amides is 2. The van der Waals surface area contributed by atoms with Crippen molar-refractivity contribution < 1.29 is 38.1 Å². The average molecular weight is 603 g/mol. The lowest BCUT2D eigenvalue weighted by atomic mass is 10.1. The van der Waals surface area contributed by atoms with Crippen LogP contribution in [0.4, 0.5) is 5.69 Å². The van der Waals surface area contributed by atoms with E-state index in [1.807, 2.05) is 30.4 Å². The van der Waals surface area contributed by atoms with Crippen LogP contribution in [-0.2, 0) is 25.5 Å². The quantitative estimate of drug-likeness (QED) is 0.331. The second-order valence-corrected chi connectivity index (χ2v) is 9.74. The maximum Gasteiger partial charge on any atom is 0.328 e. The van der Waals surface area contributed by atoms with E-state index in [-0.39, 0.29) is 17.7 Å². The monoisotopic (exact) mass is 602 g/mol. The summed E-state index contributed by atoms with van der Waals surface area (Å²) in [7, 11) is 5.48. The number of hydrogen-bond acceptors (Lipinski definition) is 9. The maximum absolute atomic E-state index is 13.3. The standard InChI is InChI=1S/C32H34N4O8/c1-41-27-16-13-21(17-28(27)42-2)26-10-8-6-5-7-9-23-18-24(35-36(23)26)31(39)33-22-14-11-20(12-15-22)30(38)34-25(32(40)44-4)19-29(37)43-3/h6,8,10-18,25H,5,7,9,19H2,1-4H3,(H,33,39)(H,34,38)/b8-6-,26-10-/t25-/m0/s1. The van der Waals surface area contributed by atoms with Gasteiger partial charge in [0.25, 0.3) is 11.8 Å². The summed E-state index contributed by atoms with van der Waals surface area (Å²) in [6, 6.07) is 12.2. The van der Waals surface area contributed by atoms with Gasteiger partial charge in [-0.1, -0.05) is 12.2 Å². The topological polar surface area (TPSA) is 147 Å². The van der Waals surface area contributed by atoms with E-state index in [1.165, 1.54) is 19.2 Å². The zero-order valence-electron chi connectivity index (χ0n) is 24.9. The van der Waals surface area contributed by atoms with Crippen molar-refractivity contribution in [2.24, 2.45) is 0 Å². The first kappa shape index (κ1) is 31.5. The Balaban J connectivity index is 1.52. The number of allylic oxidation sites excluding steroid dienone is 3. The number of methoxy groups -OCH3 is 4. The Bertz CT molecular complexity index is 1590. The Morgan fingerprint density at radius 1 is 0.909 bits per heavy atom. The highest BCUT2D eigenvalue weighted by Crippen LogP contribution is 2.32. The Hall–Kier alpha value is -5.39. The van der Waals surface area contributed by atoms with Crippen LogP contribution in [0.2, 0.25) is 0 Å². The van der Waals surface area contributed by atoms with Gasteiger partial charge >= 0.3 is 11.9 Å². The summed E-state index contributed by atoms with van der Waals surface area (Å²) in [6.07, 6.45) is 8.12. The molecule has 0 saturated heterocycles. The molecule has 230 valence electrons. The van der Waals surface area contributed by atoms with Gasteiger partial charge in [-0.3, -0.25) is 14.4 Å². The molecule has 0 aliphatic carbocycles. The molecule has 0 bridgehead atoms. The molecule has 0 radical (unpaired) electrons. The largest absolute Gasteiger partial charge is 0.493 e. The second kappa shape index (κ2) is 14.7. The van der Waals surface area contributed by atoms with Crippen molar-refractivity contribution in [2.45, 2.75) is 31.7 Å². The molecule has 1 aliphatic rings. The number of hydrogen-bond donors (Lipinski definition) is 2. The molecule has 1 atom stereocenters. The van der Waals surface area contributed by atoms with Crippen LogP contribution < -0.4 is 20.1 Å². The summed E-state index contributed by atoms with van der Waals surface area (Å²) in [5.74, 6) is -1.31. The van der Waals surface area contributed by atoms with Crippen molar-refractivity contribution in [2.75, 3.05) is 33.8 Å². The lowest BCUT2D eigenvalue weighted by Gasteiger charge is -2.15. The summed E-state index contributed by atoms with van der Waals surface area (Å²) < 4.78 is 21.9. The molecule has 1 aromatic heterocycles. The Morgan fingerprint density at radius 3 is 2.34 bits per heavy atom. The van der Waals surface area contributed by atoms with Crippen LogP contribution in [0, 0.1) is 0 Å². The number of anilines is 1. The highest BCUT2D eigenvalue weighted by Gasteiger charge is 2.26. The van der Waals surface area contributed by atoms with Gasteiger partial charge in [0.1, 0.15) is 6.04 Å². The van der Waals surface area contributed by atoms with E-state index in [2.05, 4.69) is 31.3 Å². The van der Waals surface area contributed by atoms with Gasteiger partial charge in [-0.15, -0.1) is 0 Å². The molecule has 1 aliphatic heterocycles. The molecule has 0 spiro atoms. The van der Waals surface area contributed by atoms with Gasteiger partial charge < -0.3 is 29.6 Å². The lowest BCUT2D eigenvalue weighted by Crippen LogP contribution is -2.43. The summed E-state index contributed by atoms with van der Waals surface area (Å²) >= 11 is 0. The minimum atomic E-state index is -1.21. The summed E-state index contributed by atoms with van der Waals surface area (Å²) in [6.45, 7) is 0. The van der Waals surface area contributed by atoms with Gasteiger partial charge in [0.05, 0.1) is 40.6 Å². The van der Waals surface area contributed by atoms with Crippen molar-refractivity contribution in [1.82, 2.24) is 15.1 Å². The third-order valence-electron chi connectivity index (χ3n) is 6.91. The Morgan fingerprint density at radius 2 is 1.66 bits per heavy atom. The van der Waals surface area contributed by atoms with Crippen LogP contribution in [0.1, 0.15) is 51.4 Å². The molecule has 12 heteroatoms. The molecule has 2 heterocycles. The first-order valence-corrected chi connectivity index (χ1v) is 13.8. The predicted octanol–water partition coefficient (Wildman–Crippen LogP) is 3.77. The molecule has 3 aromatic rings. The third-order valence-corrected chi connectivity index (χ3v) is 6.91. The number of rotatable bonds is 10. The number of nitrogens with zero attached hydrogens (tertiary/aromatic N) is 2. The predicted molar refractivity (Wildman–Crippen MR) is 162 cm³/mol. The average Bonchev–Trinajstić information content (AvgIpc) is 3.50. The maximum atomic E-state index is 13.3. The van der Waals surface area contributed by atoms with Crippen LogP contribution >= 0.6 is 0 Å². The first-order chi connectivity index (χ1) is 21.3. The molecule has 12 nitrogen and oxygen atoms in total. The first-order valence-electron chi connectivity index (χ1n) is 13.8. The van der Waals surface area contributed by atoms with E-state index < -0.39 is 29.8 Å². The summed E-state index contributed by atoms with van der Waals surface area (Å²) in [4.78, 5) is 49.6. The number of fused-ring (bicyclic) bond motifs is 1. The van der Waals surface area contributed by atoms with E-state index in [4.69, 9.17) is 9.47 Å². The number of nitrogens with one attached hydrogen (secondary N) is 2. The SMILES string of the molecule is COC(=O)C[C@H](NC(=O)c1ccc(NC(=O)c2cc3n(n2)/C(c2ccc(OC)c(OC)c2)=C\C=C/CCC3)cc1)C(=O)OC. The fourth-order valence-corrected chi connectivity index (χ4v) is 4.59. The van der Waals surface area contributed by atoms with Gasteiger partial charge in [0.15, 0.2) is 17.2 Å². The molecule has 2 amide bonds. The molecule has 0 fully saturated rings. The Kier molecular flexibility index (Phi) is 10.5. The number of esters is 2. The molecular weight excluding hydrogens is 568 g/mol. The van der Waals surface area contributed by atoms with Crippen molar-refractivity contribution in [3.05, 3.63) is 89.3 Å². The number of aromatic nitrogens is 2. The third kappa shape index (κ3) is 7.51. The van der Waals surface area contributed by atoms with Crippen molar-refractivity contribution in [1.29, 1.82) is 0 Å². The van der Waals surface area contributed by atoms with E-state index in [0.717, 1.165) is 36.9 Å². The van der Waals surface area contributed by atoms with Crippen LogP contribution in [0.25, 0.3) is 5.70 Å². The number of carbonyl (C=O) groups excluding carboxylic acids is 4. The zero-order valence-corrected chi connectivity index (χ0v) is 24.9. The van der Waals surface area contributed by atoms with Crippen molar-refractivity contribution in [3.8, 4) is 11.5 Å². The highest BCUT2D eigenvalue weighted by molar-refractivity contribution is 6.03. The molecule has 0 saturated carbocycles. The molecule has 2 aromatic carbocycles. The lowest BCUT2D eigenvalue weighted by molar-refractivity contribution is -0.149. The highest BCUT2D eigenvalue weighted by atomic mass is 16.5. The Labute approximate surface area is 254 Å². The van der Waals surface area contributed by atoms with Crippen molar-refractivity contribution >= 4 is 35.1 Å². The number of aryl methyl sites for hydroxylation is 1. The van der Waals surface area contributed by atoms with E-state index in [0.29, 0.717) is 23.6 Å². The second-order valence-electron chi connectivity index (χ2n) is 9.74. The number of benzene rings is 2. The van der Waals surface area contributed by atoms with E-state index >= 15 is 0 Å².